The third-order valence-corrected chi connectivity index (χ3v) is 4.64. The zero-order valence-electron chi connectivity index (χ0n) is 11.7. The van der Waals surface area contributed by atoms with Gasteiger partial charge in [0.1, 0.15) is 0 Å². The lowest BCUT2D eigenvalue weighted by Gasteiger charge is -2.15. The van der Waals surface area contributed by atoms with E-state index in [1.165, 1.54) is 30.3 Å². The van der Waals surface area contributed by atoms with E-state index < -0.39 is 27.5 Å². The van der Waals surface area contributed by atoms with Crippen molar-refractivity contribution >= 4 is 21.4 Å². The molecule has 1 aliphatic rings. The normalized spacial score (nSPS) is 18.8. The number of aliphatic hydroxyl groups is 1. The van der Waals surface area contributed by atoms with Crippen LogP contribution in [0.15, 0.2) is 29.3 Å². The van der Waals surface area contributed by atoms with Crippen molar-refractivity contribution in [1.82, 2.24) is 5.06 Å². The van der Waals surface area contributed by atoms with Gasteiger partial charge in [-0.05, 0) is 6.07 Å². The Morgan fingerprint density at radius 3 is 2.86 bits per heavy atom. The van der Waals surface area contributed by atoms with E-state index in [0.717, 1.165) is 0 Å². The number of nitrogens with zero attached hydrogens (tertiary/aromatic N) is 3. The molecule has 0 aromatic heterocycles. The van der Waals surface area contributed by atoms with Crippen LogP contribution >= 0.6 is 0 Å². The third-order valence-electron chi connectivity index (χ3n) is 3.03. The highest BCUT2D eigenvalue weighted by Gasteiger charge is 2.31. The Morgan fingerprint density at radius 2 is 2.23 bits per heavy atom. The molecule has 10 heteroatoms. The van der Waals surface area contributed by atoms with Crippen LogP contribution < -0.4 is 0 Å². The lowest BCUT2D eigenvalue weighted by Crippen LogP contribution is -2.33. The Balaban J connectivity index is 2.22. The quantitative estimate of drug-likeness (QED) is 0.573. The number of rotatable bonds is 6. The molecule has 1 aromatic carbocycles. The minimum absolute atomic E-state index is 0.109. The molecular formula is C12H15N3O6S. The summed E-state index contributed by atoms with van der Waals surface area (Å²) in [6.07, 6.45) is -0.759. The third kappa shape index (κ3) is 3.78. The Kier molecular flexibility index (Phi) is 4.74. The van der Waals surface area contributed by atoms with Crippen molar-refractivity contribution in [3.63, 3.8) is 0 Å². The monoisotopic (exact) mass is 329 g/mol. The van der Waals surface area contributed by atoms with Gasteiger partial charge in [0.25, 0.3) is 5.69 Å². The van der Waals surface area contributed by atoms with Crippen LogP contribution in [0.25, 0.3) is 0 Å². The van der Waals surface area contributed by atoms with E-state index in [2.05, 4.69) is 4.99 Å². The van der Waals surface area contributed by atoms with E-state index in [-0.39, 0.29) is 23.1 Å². The van der Waals surface area contributed by atoms with Gasteiger partial charge in [0, 0.05) is 24.7 Å². The number of benzene rings is 1. The van der Waals surface area contributed by atoms with Crippen LogP contribution in [-0.2, 0) is 14.7 Å². The second-order valence-electron chi connectivity index (χ2n) is 4.70. The van der Waals surface area contributed by atoms with E-state index in [9.17, 15) is 18.5 Å². The van der Waals surface area contributed by atoms with Gasteiger partial charge in [0.05, 0.1) is 23.0 Å². The van der Waals surface area contributed by atoms with Gasteiger partial charge in [-0.3, -0.25) is 10.1 Å². The number of nitro groups is 1. The van der Waals surface area contributed by atoms with Crippen molar-refractivity contribution in [2.45, 2.75) is 6.17 Å². The molecule has 9 nitrogen and oxygen atoms in total. The van der Waals surface area contributed by atoms with Crippen LogP contribution in [0.4, 0.5) is 5.69 Å². The molecule has 0 bridgehead atoms. The molecule has 0 saturated carbocycles. The molecular weight excluding hydrogens is 314 g/mol. The Morgan fingerprint density at radius 1 is 1.50 bits per heavy atom. The van der Waals surface area contributed by atoms with Gasteiger partial charge in [-0.1, -0.05) is 6.07 Å². The number of non-ortho nitro benzene ring substituents is 1. The zero-order valence-corrected chi connectivity index (χ0v) is 12.6. The molecule has 1 atom stereocenters. The summed E-state index contributed by atoms with van der Waals surface area (Å²) in [4.78, 5) is 19.7. The zero-order chi connectivity index (χ0) is 16.3. The van der Waals surface area contributed by atoms with Crippen LogP contribution in [0.3, 0.4) is 0 Å². The molecule has 120 valence electrons. The molecule has 1 unspecified atom stereocenters. The molecule has 0 saturated heterocycles. The second-order valence-corrected chi connectivity index (χ2v) is 6.93. The first kappa shape index (κ1) is 16.3. The minimum atomic E-state index is -3.46. The van der Waals surface area contributed by atoms with Crippen molar-refractivity contribution in [3.05, 3.63) is 39.9 Å². The summed E-state index contributed by atoms with van der Waals surface area (Å²) in [5.74, 6) is -0.531. The predicted molar refractivity (Wildman–Crippen MR) is 78.0 cm³/mol. The number of hydrogen-bond donors (Lipinski definition) is 1. The first-order valence-corrected chi connectivity index (χ1v) is 8.19. The van der Waals surface area contributed by atoms with Gasteiger partial charge in [-0.15, -0.1) is 5.06 Å². The summed E-state index contributed by atoms with van der Waals surface area (Å²) in [6.45, 7) is -0.457. The van der Waals surface area contributed by atoms with Gasteiger partial charge in [-0.2, -0.15) is 0 Å². The van der Waals surface area contributed by atoms with Crippen LogP contribution in [0.1, 0.15) is 5.56 Å². The topological polar surface area (TPSA) is 122 Å². The average molecular weight is 329 g/mol. The second kappa shape index (κ2) is 6.38. The fraction of sp³-hybridized carbons (Fsp3) is 0.417. The molecule has 0 aliphatic carbocycles. The van der Waals surface area contributed by atoms with Crippen molar-refractivity contribution in [3.8, 4) is 0 Å². The maximum absolute atomic E-state index is 11.7. The molecule has 1 N–H and O–H groups in total. The first-order chi connectivity index (χ1) is 10.3. The number of hydrogen-bond acceptors (Lipinski definition) is 8. The molecule has 2 rings (SSSR count). The summed E-state index contributed by atoms with van der Waals surface area (Å²) in [7, 11) is -1.94. The standard InChI is InChI=1S/C12H15N3O6S/c1-14-11(8-22(19,20)6-5-16)13-12(21-14)9-3-2-4-10(7-9)15(17)18/h2-4,7,11,16H,5-6,8H2,1H3. The van der Waals surface area contributed by atoms with Crippen LogP contribution in [0, 0.1) is 10.1 Å². The van der Waals surface area contributed by atoms with Crippen LogP contribution in [0.2, 0.25) is 0 Å². The number of hydroxylamine groups is 2. The minimum Gasteiger partial charge on any atom is -0.395 e. The van der Waals surface area contributed by atoms with E-state index in [1.807, 2.05) is 0 Å². The highest BCUT2D eigenvalue weighted by molar-refractivity contribution is 7.91. The fourth-order valence-electron chi connectivity index (χ4n) is 1.91. The van der Waals surface area contributed by atoms with E-state index in [4.69, 9.17) is 9.94 Å². The summed E-state index contributed by atoms with van der Waals surface area (Å²) in [5, 5.41) is 20.8. The Labute approximate surface area is 126 Å². The molecule has 1 heterocycles. The van der Waals surface area contributed by atoms with Crippen molar-refractivity contribution in [2.24, 2.45) is 4.99 Å². The highest BCUT2D eigenvalue weighted by Crippen LogP contribution is 2.20. The molecule has 0 radical (unpaired) electrons. The molecule has 1 aromatic rings. The first-order valence-electron chi connectivity index (χ1n) is 6.37. The maximum Gasteiger partial charge on any atom is 0.270 e. The number of aliphatic hydroxyl groups excluding tert-OH is 1. The highest BCUT2D eigenvalue weighted by atomic mass is 32.2. The number of nitro benzene ring substituents is 1. The van der Waals surface area contributed by atoms with E-state index in [0.29, 0.717) is 5.56 Å². The molecule has 0 fully saturated rings. The summed E-state index contributed by atoms with van der Waals surface area (Å²) in [5.41, 5.74) is 0.283. The van der Waals surface area contributed by atoms with Crippen LogP contribution in [0.5, 0.6) is 0 Å². The van der Waals surface area contributed by atoms with Gasteiger partial charge in [-0.25, -0.2) is 13.4 Å². The van der Waals surface area contributed by atoms with Gasteiger partial charge < -0.3 is 9.94 Å². The largest absolute Gasteiger partial charge is 0.395 e. The summed E-state index contributed by atoms with van der Waals surface area (Å²) < 4.78 is 23.4. The van der Waals surface area contributed by atoms with Gasteiger partial charge in [0.2, 0.25) is 5.90 Å². The van der Waals surface area contributed by atoms with Gasteiger partial charge in [0.15, 0.2) is 16.0 Å². The van der Waals surface area contributed by atoms with Gasteiger partial charge >= 0.3 is 0 Å². The maximum atomic E-state index is 11.7. The lowest BCUT2D eigenvalue weighted by atomic mass is 10.2. The Bertz CT molecular complexity index is 703. The Hall–Kier alpha value is -2.04. The van der Waals surface area contributed by atoms with Crippen LogP contribution in [-0.4, -0.2) is 60.7 Å². The summed E-state index contributed by atoms with van der Waals surface area (Å²) in [6, 6.07) is 5.72. The van der Waals surface area contributed by atoms with E-state index in [1.54, 1.807) is 6.07 Å². The smallest absolute Gasteiger partial charge is 0.270 e. The molecule has 0 amide bonds. The SMILES string of the molecule is CN1OC(c2cccc([N+](=O)[O-])c2)=NC1CS(=O)(=O)CCO. The van der Waals surface area contributed by atoms with Crippen molar-refractivity contribution in [2.75, 3.05) is 25.2 Å². The number of sulfone groups is 1. The van der Waals surface area contributed by atoms with Crippen molar-refractivity contribution < 1.29 is 23.3 Å². The molecule has 0 spiro atoms. The van der Waals surface area contributed by atoms with E-state index >= 15 is 0 Å². The lowest BCUT2D eigenvalue weighted by molar-refractivity contribution is -0.384. The molecule has 1 aliphatic heterocycles. The predicted octanol–water partition coefficient (Wildman–Crippen LogP) is -0.0484. The fourth-order valence-corrected chi connectivity index (χ4v) is 3.09. The molecule has 22 heavy (non-hydrogen) atoms. The van der Waals surface area contributed by atoms with Crippen molar-refractivity contribution in [1.29, 1.82) is 0 Å². The average Bonchev–Trinajstić information content (AvgIpc) is 2.79. The number of aliphatic imine (C=N–C) groups is 1. The summed E-state index contributed by atoms with van der Waals surface area (Å²) >= 11 is 0.